The van der Waals surface area contributed by atoms with E-state index < -0.39 is 0 Å². The molecule has 0 aliphatic carbocycles. The van der Waals surface area contributed by atoms with Crippen molar-refractivity contribution in [1.29, 1.82) is 0 Å². The molecule has 0 bridgehead atoms. The van der Waals surface area contributed by atoms with Crippen LogP contribution in [0.5, 0.6) is 0 Å². The number of hydrogen-bond donors (Lipinski definition) is 1. The Labute approximate surface area is 84.4 Å². The van der Waals surface area contributed by atoms with E-state index in [1.54, 1.807) is 0 Å². The van der Waals surface area contributed by atoms with Crippen LogP contribution in [0.2, 0.25) is 0 Å². The maximum absolute atomic E-state index is 10.8. The molecule has 4 nitrogen and oxygen atoms in total. The third kappa shape index (κ3) is 5.08. The highest BCUT2D eigenvalue weighted by atomic mass is 35.5. The molecule has 0 amide bonds. The molecule has 1 aliphatic rings. The Morgan fingerprint density at radius 1 is 1.69 bits per heavy atom. The van der Waals surface area contributed by atoms with Crippen molar-refractivity contribution in [3.63, 3.8) is 0 Å². The fourth-order valence-corrected chi connectivity index (χ4v) is 1.19. The summed E-state index contributed by atoms with van der Waals surface area (Å²) < 4.78 is 9.93. The fourth-order valence-electron chi connectivity index (χ4n) is 1.19. The third-order valence-corrected chi connectivity index (χ3v) is 1.90. The quantitative estimate of drug-likeness (QED) is 0.682. The molecule has 1 saturated heterocycles. The molecule has 1 rings (SSSR count). The average molecular weight is 210 g/mol. The van der Waals surface area contributed by atoms with Crippen molar-refractivity contribution in [2.75, 3.05) is 26.8 Å². The smallest absolute Gasteiger partial charge is 0.305 e. The first kappa shape index (κ1) is 12.7. The molecule has 1 aliphatic heterocycles. The lowest BCUT2D eigenvalue weighted by atomic mass is 10.2. The Morgan fingerprint density at radius 2 is 2.46 bits per heavy atom. The van der Waals surface area contributed by atoms with Gasteiger partial charge in [-0.25, -0.2) is 0 Å². The van der Waals surface area contributed by atoms with Gasteiger partial charge in [0.05, 0.1) is 19.8 Å². The van der Waals surface area contributed by atoms with Gasteiger partial charge in [0.25, 0.3) is 0 Å². The molecule has 0 saturated carbocycles. The molecule has 1 N–H and O–H groups in total. The number of nitrogens with one attached hydrogen (secondary N) is 1. The molecule has 13 heavy (non-hydrogen) atoms. The van der Waals surface area contributed by atoms with Crippen LogP contribution < -0.4 is 5.32 Å². The molecule has 5 heteroatoms. The standard InChI is InChI=1S/C8H15NO3.ClH/c1-11-8(10)3-2-7-6-9-4-5-12-7;/h7,9H,2-6H2,1H3;1H/t7-;/m1./s1. The van der Waals surface area contributed by atoms with Crippen LogP contribution in [0.3, 0.4) is 0 Å². The minimum absolute atomic E-state index is 0. The van der Waals surface area contributed by atoms with Crippen LogP contribution in [0, 0.1) is 0 Å². The Kier molecular flexibility index (Phi) is 6.94. The number of rotatable bonds is 3. The van der Waals surface area contributed by atoms with E-state index in [-0.39, 0.29) is 24.5 Å². The number of halogens is 1. The minimum Gasteiger partial charge on any atom is -0.469 e. The zero-order chi connectivity index (χ0) is 8.81. The lowest BCUT2D eigenvalue weighted by Gasteiger charge is -2.22. The fraction of sp³-hybridized carbons (Fsp3) is 0.875. The normalized spacial score (nSPS) is 21.8. The maximum Gasteiger partial charge on any atom is 0.305 e. The van der Waals surface area contributed by atoms with E-state index >= 15 is 0 Å². The molecule has 0 unspecified atom stereocenters. The van der Waals surface area contributed by atoms with Gasteiger partial charge in [0, 0.05) is 19.5 Å². The first-order chi connectivity index (χ1) is 5.83. The van der Waals surface area contributed by atoms with Gasteiger partial charge in [-0.1, -0.05) is 0 Å². The summed E-state index contributed by atoms with van der Waals surface area (Å²) in [6.07, 6.45) is 1.38. The summed E-state index contributed by atoms with van der Waals surface area (Å²) in [7, 11) is 1.41. The average Bonchev–Trinajstić information content (AvgIpc) is 2.16. The maximum atomic E-state index is 10.8. The zero-order valence-electron chi connectivity index (χ0n) is 7.75. The SMILES string of the molecule is COC(=O)CC[C@@H]1CNCCO1.Cl. The van der Waals surface area contributed by atoms with Gasteiger partial charge in [-0.05, 0) is 6.42 Å². The van der Waals surface area contributed by atoms with E-state index in [2.05, 4.69) is 10.1 Å². The summed E-state index contributed by atoms with van der Waals surface area (Å²) >= 11 is 0. The van der Waals surface area contributed by atoms with Crippen molar-refractivity contribution in [1.82, 2.24) is 5.32 Å². The van der Waals surface area contributed by atoms with Gasteiger partial charge >= 0.3 is 5.97 Å². The third-order valence-electron chi connectivity index (χ3n) is 1.90. The van der Waals surface area contributed by atoms with Gasteiger partial charge in [-0.2, -0.15) is 0 Å². The van der Waals surface area contributed by atoms with E-state index in [4.69, 9.17) is 4.74 Å². The van der Waals surface area contributed by atoms with E-state index in [1.165, 1.54) is 7.11 Å². The number of esters is 1. The first-order valence-corrected chi connectivity index (χ1v) is 4.22. The van der Waals surface area contributed by atoms with Crippen LogP contribution in [-0.4, -0.2) is 38.9 Å². The molecule has 1 fully saturated rings. The predicted molar refractivity (Wildman–Crippen MR) is 51.1 cm³/mol. The summed E-state index contributed by atoms with van der Waals surface area (Å²) in [4.78, 5) is 10.8. The summed E-state index contributed by atoms with van der Waals surface area (Å²) in [6.45, 7) is 2.50. The van der Waals surface area contributed by atoms with Crippen molar-refractivity contribution < 1.29 is 14.3 Å². The highest BCUT2D eigenvalue weighted by Gasteiger charge is 2.14. The largest absolute Gasteiger partial charge is 0.469 e. The van der Waals surface area contributed by atoms with E-state index in [0.29, 0.717) is 6.42 Å². The Bertz CT molecular complexity index is 148. The molecule has 0 aromatic heterocycles. The molecule has 0 aromatic carbocycles. The number of morpholine rings is 1. The molecule has 1 heterocycles. The molecule has 0 spiro atoms. The van der Waals surface area contributed by atoms with Crippen molar-refractivity contribution in [3.8, 4) is 0 Å². The van der Waals surface area contributed by atoms with Crippen LogP contribution in [0.4, 0.5) is 0 Å². The summed E-state index contributed by atoms with van der Waals surface area (Å²) in [5.74, 6) is -0.163. The summed E-state index contributed by atoms with van der Waals surface area (Å²) in [5, 5.41) is 3.20. The highest BCUT2D eigenvalue weighted by Crippen LogP contribution is 2.04. The van der Waals surface area contributed by atoms with E-state index in [1.807, 2.05) is 0 Å². The van der Waals surface area contributed by atoms with Gasteiger partial charge in [-0.3, -0.25) is 4.79 Å². The summed E-state index contributed by atoms with van der Waals surface area (Å²) in [6, 6.07) is 0. The van der Waals surface area contributed by atoms with Crippen molar-refractivity contribution >= 4 is 18.4 Å². The second-order valence-electron chi connectivity index (χ2n) is 2.81. The lowest BCUT2D eigenvalue weighted by molar-refractivity contribution is -0.141. The van der Waals surface area contributed by atoms with Crippen LogP contribution in [0.15, 0.2) is 0 Å². The molecule has 0 radical (unpaired) electrons. The number of carbonyl (C=O) groups excluding carboxylic acids is 1. The van der Waals surface area contributed by atoms with Crippen molar-refractivity contribution in [2.24, 2.45) is 0 Å². The first-order valence-electron chi connectivity index (χ1n) is 4.22. The van der Waals surface area contributed by atoms with Crippen LogP contribution in [0.25, 0.3) is 0 Å². The van der Waals surface area contributed by atoms with Gasteiger partial charge in [0.15, 0.2) is 0 Å². The van der Waals surface area contributed by atoms with E-state index in [9.17, 15) is 4.79 Å². The van der Waals surface area contributed by atoms with E-state index in [0.717, 1.165) is 26.1 Å². The van der Waals surface area contributed by atoms with Gasteiger partial charge in [-0.15, -0.1) is 12.4 Å². The van der Waals surface area contributed by atoms with Gasteiger partial charge in [0.2, 0.25) is 0 Å². The number of ether oxygens (including phenoxy) is 2. The van der Waals surface area contributed by atoms with Crippen LogP contribution in [-0.2, 0) is 14.3 Å². The Hall–Kier alpha value is -0.320. The van der Waals surface area contributed by atoms with Crippen LogP contribution >= 0.6 is 12.4 Å². The van der Waals surface area contributed by atoms with Crippen molar-refractivity contribution in [3.05, 3.63) is 0 Å². The minimum atomic E-state index is -0.163. The predicted octanol–water partition coefficient (Wildman–Crippen LogP) is 0.350. The monoisotopic (exact) mass is 209 g/mol. The van der Waals surface area contributed by atoms with Gasteiger partial charge in [0.1, 0.15) is 0 Å². The highest BCUT2D eigenvalue weighted by molar-refractivity contribution is 5.85. The van der Waals surface area contributed by atoms with Crippen LogP contribution in [0.1, 0.15) is 12.8 Å². The van der Waals surface area contributed by atoms with Crippen molar-refractivity contribution in [2.45, 2.75) is 18.9 Å². The molecule has 0 aromatic rings. The Morgan fingerprint density at radius 3 is 3.00 bits per heavy atom. The lowest BCUT2D eigenvalue weighted by Crippen LogP contribution is -2.38. The summed E-state index contributed by atoms with van der Waals surface area (Å²) in [5.41, 5.74) is 0. The number of carbonyl (C=O) groups is 1. The molecular formula is C8H16ClNO3. The second kappa shape index (κ2) is 7.12. The second-order valence-corrected chi connectivity index (χ2v) is 2.81. The van der Waals surface area contributed by atoms with Gasteiger partial charge < -0.3 is 14.8 Å². The molecular weight excluding hydrogens is 194 g/mol. The molecule has 78 valence electrons. The number of methoxy groups -OCH3 is 1. The molecule has 1 atom stereocenters. The zero-order valence-corrected chi connectivity index (χ0v) is 8.56. The Balaban J connectivity index is 0.00000144. The topological polar surface area (TPSA) is 47.6 Å². The number of hydrogen-bond acceptors (Lipinski definition) is 4.